The highest BCUT2D eigenvalue weighted by Crippen LogP contribution is 2.28. The minimum atomic E-state index is 0.0242. The Hall–Kier alpha value is -0.100. The number of aliphatic hydroxyl groups excluding tert-OH is 1. The maximum atomic E-state index is 8.85. The van der Waals surface area contributed by atoms with Crippen LogP contribution in [0.1, 0.15) is 16.8 Å². The van der Waals surface area contributed by atoms with E-state index in [0.29, 0.717) is 0 Å². The zero-order valence-electron chi connectivity index (χ0n) is 7.10. The van der Waals surface area contributed by atoms with Gasteiger partial charge in [-0.15, -0.1) is 11.3 Å². The van der Waals surface area contributed by atoms with Gasteiger partial charge in [-0.25, -0.2) is 4.98 Å². The zero-order chi connectivity index (χ0) is 9.10. The van der Waals surface area contributed by atoms with E-state index >= 15 is 0 Å². The second kappa shape index (κ2) is 4.41. The maximum absolute atomic E-state index is 8.85. The molecule has 1 fully saturated rings. The Labute approximate surface area is 85.1 Å². The van der Waals surface area contributed by atoms with Gasteiger partial charge in [-0.05, 0) is 0 Å². The van der Waals surface area contributed by atoms with Gasteiger partial charge in [0.15, 0.2) is 0 Å². The van der Waals surface area contributed by atoms with Gasteiger partial charge in [0.25, 0.3) is 0 Å². The molecule has 1 atom stereocenters. The summed E-state index contributed by atoms with van der Waals surface area (Å²) in [5.74, 6) is 2.06. The number of thioether (sulfide) groups is 1. The van der Waals surface area contributed by atoms with E-state index in [0.717, 1.165) is 28.8 Å². The number of hydrogen-bond acceptors (Lipinski definition) is 5. The van der Waals surface area contributed by atoms with Gasteiger partial charge >= 0.3 is 0 Å². The van der Waals surface area contributed by atoms with Crippen LogP contribution in [0.25, 0.3) is 0 Å². The summed E-state index contributed by atoms with van der Waals surface area (Å²) in [4.78, 5) is 4.28. The van der Waals surface area contributed by atoms with Gasteiger partial charge in [-0.1, -0.05) is 0 Å². The zero-order valence-corrected chi connectivity index (χ0v) is 8.74. The Morgan fingerprint density at radius 3 is 3.23 bits per heavy atom. The summed E-state index contributed by atoms with van der Waals surface area (Å²) in [5, 5.41) is 11.7. The fourth-order valence-electron chi connectivity index (χ4n) is 1.17. The number of aliphatic hydroxyl groups is 1. The molecule has 1 aliphatic rings. The van der Waals surface area contributed by atoms with Crippen LogP contribution in [0.3, 0.4) is 0 Å². The molecule has 72 valence electrons. The lowest BCUT2D eigenvalue weighted by Crippen LogP contribution is -2.15. The van der Waals surface area contributed by atoms with Crippen LogP contribution in [0.2, 0.25) is 0 Å². The molecule has 1 aliphatic heterocycles. The molecule has 0 saturated carbocycles. The highest BCUT2D eigenvalue weighted by atomic mass is 32.2. The molecule has 0 aliphatic carbocycles. The number of rotatable bonds is 2. The lowest BCUT2D eigenvalue weighted by atomic mass is 10.4. The summed E-state index contributed by atoms with van der Waals surface area (Å²) in [6, 6.07) is 0. The maximum Gasteiger partial charge on any atom is 0.123 e. The van der Waals surface area contributed by atoms with Crippen LogP contribution in [0.5, 0.6) is 0 Å². The predicted octanol–water partition coefficient (Wildman–Crippen LogP) is 1.44. The highest BCUT2D eigenvalue weighted by molar-refractivity contribution is 7.99. The van der Waals surface area contributed by atoms with Gasteiger partial charge in [0.1, 0.15) is 11.1 Å². The number of thiazole rings is 1. The van der Waals surface area contributed by atoms with Gasteiger partial charge in [0, 0.05) is 16.9 Å². The van der Waals surface area contributed by atoms with E-state index in [1.54, 1.807) is 11.3 Å². The first-order valence-electron chi connectivity index (χ1n) is 4.14. The molecular weight excluding hydrogens is 206 g/mol. The lowest BCUT2D eigenvalue weighted by molar-refractivity contribution is 0.0753. The van der Waals surface area contributed by atoms with Crippen LogP contribution < -0.4 is 0 Å². The highest BCUT2D eigenvalue weighted by Gasteiger charge is 2.19. The fraction of sp³-hybridized carbons (Fsp3) is 0.625. The Balaban J connectivity index is 2.05. The molecule has 1 saturated heterocycles. The summed E-state index contributed by atoms with van der Waals surface area (Å²) in [6.45, 7) is 0.833. The molecule has 0 bridgehead atoms. The smallest absolute Gasteiger partial charge is 0.123 e. The molecule has 2 rings (SSSR count). The molecule has 1 aromatic heterocycles. The molecule has 1 N–H and O–H groups in total. The molecule has 0 radical (unpaired) electrons. The van der Waals surface area contributed by atoms with Gasteiger partial charge in [-0.3, -0.25) is 0 Å². The first-order chi connectivity index (χ1) is 6.40. The van der Waals surface area contributed by atoms with Crippen molar-refractivity contribution in [3.8, 4) is 0 Å². The third kappa shape index (κ3) is 2.22. The van der Waals surface area contributed by atoms with E-state index in [1.807, 2.05) is 17.1 Å². The molecule has 3 nitrogen and oxygen atoms in total. The van der Waals surface area contributed by atoms with E-state index in [1.165, 1.54) is 0 Å². The van der Waals surface area contributed by atoms with E-state index in [-0.39, 0.29) is 12.7 Å². The van der Waals surface area contributed by atoms with E-state index in [4.69, 9.17) is 9.84 Å². The normalized spacial score (nSPS) is 23.3. The molecule has 1 unspecified atom stereocenters. The fourth-order valence-corrected chi connectivity index (χ4v) is 2.99. The quantitative estimate of drug-likeness (QED) is 0.814. The average molecular weight is 217 g/mol. The standard InChI is InChI=1S/C8H11NO2S2/c10-3-6-4-13-8(9-6)7-5-12-2-1-11-7/h4,7,10H,1-3,5H2. The number of hydrogen-bond donors (Lipinski definition) is 1. The molecule has 5 heteroatoms. The summed E-state index contributed by atoms with van der Waals surface area (Å²) < 4.78 is 5.57. The van der Waals surface area contributed by atoms with Gasteiger partial charge in [-0.2, -0.15) is 11.8 Å². The number of ether oxygens (including phenoxy) is 1. The minimum Gasteiger partial charge on any atom is -0.390 e. The molecule has 13 heavy (non-hydrogen) atoms. The topological polar surface area (TPSA) is 42.4 Å². The van der Waals surface area contributed by atoms with Crippen molar-refractivity contribution in [2.24, 2.45) is 0 Å². The largest absolute Gasteiger partial charge is 0.390 e. The summed E-state index contributed by atoms with van der Waals surface area (Å²) in [5.41, 5.74) is 0.749. The van der Waals surface area contributed by atoms with Crippen molar-refractivity contribution in [3.63, 3.8) is 0 Å². The van der Waals surface area contributed by atoms with Crippen molar-refractivity contribution in [1.29, 1.82) is 0 Å². The lowest BCUT2D eigenvalue weighted by Gasteiger charge is -2.19. The van der Waals surface area contributed by atoms with Crippen molar-refractivity contribution >= 4 is 23.1 Å². The summed E-state index contributed by atoms with van der Waals surface area (Å²) in [7, 11) is 0. The van der Waals surface area contributed by atoms with Gasteiger partial charge < -0.3 is 9.84 Å². The second-order valence-corrected chi connectivity index (χ2v) is 4.81. The minimum absolute atomic E-state index is 0.0242. The molecule has 0 amide bonds. The van der Waals surface area contributed by atoms with Crippen LogP contribution >= 0.6 is 23.1 Å². The SMILES string of the molecule is OCc1csc(C2CSCCO2)n1. The van der Waals surface area contributed by atoms with Crippen LogP contribution in [0.4, 0.5) is 0 Å². The third-order valence-corrected chi connectivity index (χ3v) is 3.80. The average Bonchev–Trinajstić information content (AvgIpc) is 2.67. The van der Waals surface area contributed by atoms with Crippen LogP contribution in [0.15, 0.2) is 5.38 Å². The van der Waals surface area contributed by atoms with Gasteiger partial charge in [0.05, 0.1) is 18.9 Å². The van der Waals surface area contributed by atoms with Crippen molar-refractivity contribution in [2.45, 2.75) is 12.7 Å². The Morgan fingerprint density at radius 1 is 1.69 bits per heavy atom. The van der Waals surface area contributed by atoms with Crippen molar-refractivity contribution in [3.05, 3.63) is 16.1 Å². The number of nitrogens with zero attached hydrogens (tertiary/aromatic N) is 1. The Bertz CT molecular complexity index is 271. The Morgan fingerprint density at radius 2 is 2.62 bits per heavy atom. The molecular formula is C8H11NO2S2. The third-order valence-electron chi connectivity index (χ3n) is 1.82. The molecule has 2 heterocycles. The van der Waals surface area contributed by atoms with Crippen molar-refractivity contribution < 1.29 is 9.84 Å². The molecule has 0 spiro atoms. The summed E-state index contributed by atoms with van der Waals surface area (Å²) in [6.07, 6.45) is 0.143. The van der Waals surface area contributed by atoms with Gasteiger partial charge in [0.2, 0.25) is 0 Å². The summed E-state index contributed by atoms with van der Waals surface area (Å²) >= 11 is 3.47. The Kier molecular flexibility index (Phi) is 3.21. The van der Waals surface area contributed by atoms with Crippen LogP contribution in [-0.2, 0) is 11.3 Å². The van der Waals surface area contributed by atoms with E-state index in [9.17, 15) is 0 Å². The van der Waals surface area contributed by atoms with Crippen molar-refractivity contribution in [1.82, 2.24) is 4.98 Å². The first kappa shape index (κ1) is 9.45. The van der Waals surface area contributed by atoms with E-state index in [2.05, 4.69) is 4.98 Å². The first-order valence-corrected chi connectivity index (χ1v) is 6.18. The molecule has 0 aromatic carbocycles. The number of aromatic nitrogens is 1. The van der Waals surface area contributed by atoms with Crippen LogP contribution in [0, 0.1) is 0 Å². The predicted molar refractivity (Wildman–Crippen MR) is 54.1 cm³/mol. The monoisotopic (exact) mass is 217 g/mol. The molecule has 1 aromatic rings. The van der Waals surface area contributed by atoms with E-state index < -0.39 is 0 Å². The van der Waals surface area contributed by atoms with Crippen LogP contribution in [-0.4, -0.2) is 28.2 Å². The van der Waals surface area contributed by atoms with Crippen molar-refractivity contribution in [2.75, 3.05) is 18.1 Å². The second-order valence-electron chi connectivity index (χ2n) is 2.77.